The van der Waals surface area contributed by atoms with Gasteiger partial charge in [0.25, 0.3) is 5.91 Å². The summed E-state index contributed by atoms with van der Waals surface area (Å²) >= 11 is 0. The number of carbonyl (C=O) groups excluding carboxylic acids is 1. The molecule has 5 rings (SSSR count). The molecule has 2 aliphatic heterocycles. The van der Waals surface area contributed by atoms with Crippen molar-refractivity contribution < 1.29 is 32.8 Å². The molecule has 0 spiro atoms. The molecule has 11 nitrogen and oxygen atoms in total. The van der Waals surface area contributed by atoms with Gasteiger partial charge < -0.3 is 35.6 Å². The average Bonchev–Trinajstić information content (AvgIpc) is 3.09. The fourth-order valence-electron chi connectivity index (χ4n) is 5.77. The molecular formula is C34H45BF3N7O4. The van der Waals surface area contributed by atoms with Crippen LogP contribution in [0.2, 0.25) is 6.82 Å². The van der Waals surface area contributed by atoms with Crippen molar-refractivity contribution in [3.05, 3.63) is 84.6 Å². The molecule has 2 unspecified atom stereocenters. The Morgan fingerprint density at radius 3 is 2.47 bits per heavy atom. The maximum atomic E-state index is 15.5. The maximum absolute atomic E-state index is 15.5. The van der Waals surface area contributed by atoms with Gasteiger partial charge in [0.2, 0.25) is 5.88 Å². The van der Waals surface area contributed by atoms with E-state index in [2.05, 4.69) is 26.8 Å². The Hall–Kier alpha value is -4.21. The molecule has 5 heterocycles. The van der Waals surface area contributed by atoms with Gasteiger partial charge in [0.05, 0.1) is 12.3 Å². The zero-order valence-electron chi connectivity index (χ0n) is 27.7. The number of aromatic nitrogens is 3. The molecule has 3 aromatic rings. The summed E-state index contributed by atoms with van der Waals surface area (Å²) in [5.41, 5.74) is 4.97. The van der Waals surface area contributed by atoms with Crippen molar-refractivity contribution in [2.45, 2.75) is 69.4 Å². The molecule has 2 aliphatic rings. The van der Waals surface area contributed by atoms with Gasteiger partial charge in [-0.1, -0.05) is 6.08 Å². The Bertz CT molecular complexity index is 1490. The van der Waals surface area contributed by atoms with E-state index in [1.165, 1.54) is 24.4 Å². The minimum atomic E-state index is -1.89. The van der Waals surface area contributed by atoms with Gasteiger partial charge in [0.1, 0.15) is 29.7 Å². The van der Waals surface area contributed by atoms with Gasteiger partial charge in [-0.15, -0.1) is 6.58 Å². The number of piperidine rings is 2. The number of pyridine rings is 3. The highest BCUT2D eigenvalue weighted by molar-refractivity contribution is 6.52. The number of nitrogens with one attached hydrogen (secondary N) is 1. The molecular weight excluding hydrogens is 638 g/mol. The van der Waals surface area contributed by atoms with Crippen molar-refractivity contribution in [3.63, 3.8) is 0 Å². The quantitative estimate of drug-likeness (QED) is 0.157. The summed E-state index contributed by atoms with van der Waals surface area (Å²) in [6.45, 7) is 7.27. The summed E-state index contributed by atoms with van der Waals surface area (Å²) in [4.78, 5) is 28.3. The summed E-state index contributed by atoms with van der Waals surface area (Å²) in [7, 11) is -0.663. The van der Waals surface area contributed by atoms with Crippen molar-refractivity contribution >= 4 is 24.6 Å². The van der Waals surface area contributed by atoms with E-state index in [1.807, 2.05) is 4.90 Å². The van der Waals surface area contributed by atoms with Crippen LogP contribution in [0.1, 0.15) is 61.9 Å². The van der Waals surface area contributed by atoms with Crippen LogP contribution in [0.15, 0.2) is 67.6 Å². The third-order valence-electron chi connectivity index (χ3n) is 8.53. The standard InChI is InChI=1S/C24H30F3N5O2.C10H15BN2O2/c25-18-1-2-22(30-16-18)34-19-4-11-32(12-5-19)23(33)24(27)7-13-31(14-8-24)10-6-20(26)17-3-9-29-21(28)15-17;1-3-4-9(14)8-5-6-12-10(7-8)13-11(2)15/h1-3,9,15-16,19-20H,4-8,10-14H2,(H2,28,29);3,5-7,9,14-15H,1,4H2,2H3,(H,12,13). The van der Waals surface area contributed by atoms with E-state index in [9.17, 15) is 18.7 Å². The first-order valence-electron chi connectivity index (χ1n) is 16.5. The number of hydrogen-bond acceptors (Lipinski definition) is 10. The third kappa shape index (κ3) is 11.4. The SMILES string of the molecule is C=CCC(O)c1ccnc(NB(C)O)c1.Nc1cc(C(F)CCN2CCC(F)(C(=O)N3CCC(Oc4ccc(F)cn4)CC3)CC2)ccn1. The van der Waals surface area contributed by atoms with Crippen LogP contribution in [0.25, 0.3) is 0 Å². The smallest absolute Gasteiger partial charge is 0.408 e. The fraction of sp³-hybridized carbons (Fsp3) is 0.471. The summed E-state index contributed by atoms with van der Waals surface area (Å²) in [6, 6.07) is 9.32. The van der Waals surface area contributed by atoms with Crippen LogP contribution >= 0.6 is 0 Å². The van der Waals surface area contributed by atoms with Gasteiger partial charge in [-0.3, -0.25) is 4.79 Å². The Morgan fingerprint density at radius 2 is 1.84 bits per heavy atom. The molecule has 0 bridgehead atoms. The van der Waals surface area contributed by atoms with Crippen molar-refractivity contribution in [2.75, 3.05) is 43.7 Å². The number of nitrogens with two attached hydrogens (primary N) is 1. The van der Waals surface area contributed by atoms with Gasteiger partial charge >= 0.3 is 7.05 Å². The Balaban J connectivity index is 0.000000302. The zero-order valence-corrected chi connectivity index (χ0v) is 27.7. The average molecular weight is 684 g/mol. The lowest BCUT2D eigenvalue weighted by atomic mass is 9.89. The molecule has 264 valence electrons. The number of anilines is 2. The minimum Gasteiger partial charge on any atom is -0.474 e. The molecule has 3 aromatic heterocycles. The van der Waals surface area contributed by atoms with Gasteiger partial charge in [0.15, 0.2) is 5.67 Å². The number of amides is 1. The van der Waals surface area contributed by atoms with Crippen LogP contribution in [0, 0.1) is 5.82 Å². The monoisotopic (exact) mass is 683 g/mol. The summed E-state index contributed by atoms with van der Waals surface area (Å²) in [5.74, 6) is 0.257. The van der Waals surface area contributed by atoms with E-state index in [0.717, 1.165) is 11.8 Å². The number of nitrogen functional groups attached to an aromatic ring is 1. The zero-order chi connectivity index (χ0) is 35.4. The summed E-state index contributed by atoms with van der Waals surface area (Å²) < 4.78 is 48.8. The molecule has 2 fully saturated rings. The number of hydrogen-bond donors (Lipinski definition) is 4. The number of alkyl halides is 2. The largest absolute Gasteiger partial charge is 0.474 e. The number of carbonyl (C=O) groups is 1. The first-order valence-corrected chi connectivity index (χ1v) is 16.5. The third-order valence-corrected chi connectivity index (χ3v) is 8.53. The molecule has 0 saturated carbocycles. The first-order chi connectivity index (χ1) is 23.5. The van der Waals surface area contributed by atoms with Crippen LogP contribution in [-0.4, -0.2) is 92.3 Å². The van der Waals surface area contributed by atoms with Crippen LogP contribution in [0.4, 0.5) is 24.8 Å². The second-order valence-corrected chi connectivity index (χ2v) is 12.3. The molecule has 5 N–H and O–H groups in total. The molecule has 2 atom stereocenters. The van der Waals surface area contributed by atoms with Crippen molar-refractivity contribution in [1.82, 2.24) is 24.8 Å². The number of aliphatic hydroxyl groups excluding tert-OH is 1. The van der Waals surface area contributed by atoms with E-state index in [1.54, 1.807) is 42.2 Å². The van der Waals surface area contributed by atoms with Crippen LogP contribution in [0.5, 0.6) is 5.88 Å². The molecule has 15 heteroatoms. The maximum Gasteiger partial charge on any atom is 0.408 e. The lowest BCUT2D eigenvalue weighted by molar-refractivity contribution is -0.149. The number of halogens is 3. The molecule has 0 aromatic carbocycles. The van der Waals surface area contributed by atoms with Gasteiger partial charge in [-0.05, 0) is 61.1 Å². The summed E-state index contributed by atoms with van der Waals surface area (Å²) in [5, 5.41) is 21.5. The normalized spacial score (nSPS) is 17.6. The molecule has 0 radical (unpaired) electrons. The molecule has 0 aliphatic carbocycles. The molecule has 1 amide bonds. The predicted molar refractivity (Wildman–Crippen MR) is 183 cm³/mol. The minimum absolute atomic E-state index is 0.0981. The number of likely N-dealkylation sites (tertiary alicyclic amines) is 2. The van der Waals surface area contributed by atoms with Gasteiger partial charge in [0, 0.05) is 76.9 Å². The van der Waals surface area contributed by atoms with Crippen LogP contribution in [0.3, 0.4) is 0 Å². The number of aliphatic hydroxyl groups is 1. The summed E-state index contributed by atoms with van der Waals surface area (Å²) in [6.07, 6.45) is 6.02. The van der Waals surface area contributed by atoms with Crippen molar-refractivity contribution in [3.8, 4) is 5.88 Å². The predicted octanol–water partition coefficient (Wildman–Crippen LogP) is 4.69. The Morgan fingerprint density at radius 1 is 1.14 bits per heavy atom. The lowest BCUT2D eigenvalue weighted by Crippen LogP contribution is -2.54. The Labute approximate surface area is 285 Å². The lowest BCUT2D eigenvalue weighted by Gasteiger charge is -2.40. The number of nitrogens with zero attached hydrogens (tertiary/aromatic N) is 5. The molecule has 2 saturated heterocycles. The first kappa shape index (κ1) is 37.6. The van der Waals surface area contributed by atoms with Gasteiger partial charge in [-0.25, -0.2) is 28.1 Å². The number of rotatable bonds is 12. The van der Waals surface area contributed by atoms with Crippen LogP contribution in [-0.2, 0) is 4.79 Å². The van der Waals surface area contributed by atoms with E-state index < -0.39 is 36.7 Å². The number of ether oxygens (including phenoxy) is 1. The van der Waals surface area contributed by atoms with Gasteiger partial charge in [-0.2, -0.15) is 0 Å². The van der Waals surface area contributed by atoms with Crippen LogP contribution < -0.4 is 15.7 Å². The molecule has 49 heavy (non-hydrogen) atoms. The van der Waals surface area contributed by atoms with E-state index in [-0.39, 0.29) is 31.2 Å². The van der Waals surface area contributed by atoms with E-state index in [4.69, 9.17) is 15.5 Å². The fourth-order valence-corrected chi connectivity index (χ4v) is 5.77. The second-order valence-electron chi connectivity index (χ2n) is 12.3. The second kappa shape index (κ2) is 18.0. The Kier molecular flexibility index (Phi) is 13.8. The van der Waals surface area contributed by atoms with E-state index in [0.29, 0.717) is 69.2 Å². The highest BCUT2D eigenvalue weighted by Crippen LogP contribution is 2.31. The highest BCUT2D eigenvalue weighted by Gasteiger charge is 2.44. The van der Waals surface area contributed by atoms with Crippen molar-refractivity contribution in [1.29, 1.82) is 0 Å². The van der Waals surface area contributed by atoms with E-state index >= 15 is 4.39 Å². The van der Waals surface area contributed by atoms with Crippen molar-refractivity contribution in [2.24, 2.45) is 0 Å². The highest BCUT2D eigenvalue weighted by atomic mass is 19.1. The topological polar surface area (TPSA) is 150 Å².